The summed E-state index contributed by atoms with van der Waals surface area (Å²) < 4.78 is 7.80. The number of hydrogen-bond donors (Lipinski definition) is 0. The van der Waals surface area contributed by atoms with Crippen LogP contribution in [0.2, 0.25) is 18.1 Å². The van der Waals surface area contributed by atoms with Crippen molar-refractivity contribution in [2.24, 2.45) is 45.3 Å². The Morgan fingerprint density at radius 1 is 1.07 bits per heavy atom. The molecule has 7 fully saturated rings. The minimum absolute atomic E-state index is 0.00547. The van der Waals surface area contributed by atoms with E-state index in [2.05, 4.69) is 77.2 Å². The lowest BCUT2D eigenvalue weighted by atomic mass is 9.41. The Labute approximate surface area is 198 Å². The van der Waals surface area contributed by atoms with E-state index in [0.717, 1.165) is 12.3 Å². The Morgan fingerprint density at radius 3 is 2.30 bits per heavy atom. The molecule has 7 saturated carbocycles. The van der Waals surface area contributed by atoms with Crippen LogP contribution in [0.15, 0.2) is 0 Å². The van der Waals surface area contributed by atoms with E-state index < -0.39 is 8.32 Å². The first kappa shape index (κ1) is 21.1. The summed E-state index contributed by atoms with van der Waals surface area (Å²) in [4.78, 5) is 13.7. The average molecular weight is 541 g/mol. The van der Waals surface area contributed by atoms with Gasteiger partial charge in [-0.3, -0.25) is 4.79 Å². The summed E-state index contributed by atoms with van der Waals surface area (Å²) in [7, 11) is -1.78. The van der Waals surface area contributed by atoms with Crippen LogP contribution in [0.5, 0.6) is 0 Å². The van der Waals surface area contributed by atoms with Crippen LogP contribution in [0, 0.1) is 45.3 Å². The van der Waals surface area contributed by atoms with Gasteiger partial charge in [0.25, 0.3) is 0 Å². The molecule has 4 bridgehead atoms. The summed E-state index contributed by atoms with van der Waals surface area (Å²) >= 11 is 2.73. The molecule has 1 spiro atoms. The van der Waals surface area contributed by atoms with Gasteiger partial charge >= 0.3 is 0 Å². The highest BCUT2D eigenvalue weighted by molar-refractivity contribution is 14.1. The van der Waals surface area contributed by atoms with Crippen LogP contribution in [-0.2, 0) is 9.22 Å². The maximum atomic E-state index is 13.7. The van der Waals surface area contributed by atoms with Crippen molar-refractivity contribution in [1.29, 1.82) is 0 Å². The number of alkyl halides is 1. The fraction of sp³-hybridized carbons (Fsp3) is 0.962. The van der Waals surface area contributed by atoms with Gasteiger partial charge in [-0.2, -0.15) is 0 Å². The normalized spacial score (nSPS) is 60.6. The smallest absolute Gasteiger partial charge is 0.192 e. The predicted octanol–water partition coefficient (Wildman–Crippen LogP) is 7.01. The van der Waals surface area contributed by atoms with Crippen molar-refractivity contribution < 1.29 is 9.22 Å². The van der Waals surface area contributed by atoms with Crippen LogP contribution in [-0.4, -0.2) is 23.6 Å². The number of carbonyl (C=O) groups is 1. The van der Waals surface area contributed by atoms with Crippen LogP contribution in [0.3, 0.4) is 0 Å². The molecule has 4 heteroatoms. The van der Waals surface area contributed by atoms with Gasteiger partial charge in [0.2, 0.25) is 0 Å². The first-order chi connectivity index (χ1) is 13.6. The Kier molecular flexibility index (Phi) is 3.73. The Balaban J connectivity index is 1.34. The van der Waals surface area contributed by atoms with Crippen LogP contribution in [0.25, 0.3) is 0 Å². The molecule has 0 unspecified atom stereocenters. The summed E-state index contributed by atoms with van der Waals surface area (Å²) in [6.07, 6.45) is 7.52. The number of hydrogen-bond acceptors (Lipinski definition) is 2. The molecule has 7 rings (SSSR count). The van der Waals surface area contributed by atoms with Gasteiger partial charge in [0, 0.05) is 20.7 Å². The standard InChI is InChI=1S/C26H41IO2Si/c1-21(2,3)30(7,8)29-25-12-11-22(4)16(23(25,5)14-25)9-10-26-17(22)13-15-18(19(26)28)24(15,6)20(26)27/h15-18,20H,9-14H2,1-8H3/t15-,16+,17+,18+,20+,22-,23-,24+,25+,26+/m0/s1. The second kappa shape index (κ2) is 5.29. The zero-order valence-corrected chi connectivity index (χ0v) is 23.5. The van der Waals surface area contributed by atoms with Crippen molar-refractivity contribution in [3.63, 3.8) is 0 Å². The topological polar surface area (TPSA) is 26.3 Å². The molecule has 0 aliphatic heterocycles. The molecule has 0 radical (unpaired) electrons. The number of ketones is 1. The molecule has 168 valence electrons. The molecule has 2 nitrogen and oxygen atoms in total. The second-order valence-electron chi connectivity index (χ2n) is 14.6. The van der Waals surface area contributed by atoms with Gasteiger partial charge in [0.05, 0.1) is 5.60 Å². The average Bonchev–Trinajstić information content (AvgIpc) is 3.42. The number of fused-ring (bicyclic) bond motifs is 3. The Morgan fingerprint density at radius 2 is 1.73 bits per heavy atom. The molecule has 0 aromatic rings. The van der Waals surface area contributed by atoms with E-state index in [1.165, 1.54) is 32.1 Å². The lowest BCUT2D eigenvalue weighted by Crippen LogP contribution is -2.63. The fourth-order valence-electron chi connectivity index (χ4n) is 9.92. The molecular formula is C26H41IO2Si. The molecule has 0 heterocycles. The van der Waals surface area contributed by atoms with E-state index in [4.69, 9.17) is 4.43 Å². The van der Waals surface area contributed by atoms with Gasteiger partial charge in [-0.05, 0) is 85.2 Å². The van der Waals surface area contributed by atoms with E-state index in [9.17, 15) is 4.79 Å². The largest absolute Gasteiger partial charge is 0.411 e. The van der Waals surface area contributed by atoms with Crippen molar-refractivity contribution in [3.8, 4) is 0 Å². The first-order valence-corrected chi connectivity index (χ1v) is 16.7. The zero-order chi connectivity index (χ0) is 21.9. The van der Waals surface area contributed by atoms with Gasteiger partial charge in [-0.15, -0.1) is 0 Å². The first-order valence-electron chi connectivity index (χ1n) is 12.5. The van der Waals surface area contributed by atoms with E-state index in [-0.39, 0.29) is 16.1 Å². The number of halogens is 1. The molecular weight excluding hydrogens is 499 g/mol. The molecule has 0 N–H and O–H groups in total. The third-order valence-electron chi connectivity index (χ3n) is 12.7. The summed E-state index contributed by atoms with van der Waals surface area (Å²) in [6, 6.07) is 0. The van der Waals surface area contributed by atoms with Crippen molar-refractivity contribution in [1.82, 2.24) is 0 Å². The minimum atomic E-state index is -1.78. The number of carbonyl (C=O) groups excluding carboxylic acids is 1. The molecule has 0 aromatic heterocycles. The molecule has 0 saturated heterocycles. The molecule has 0 amide bonds. The van der Waals surface area contributed by atoms with Gasteiger partial charge in [-0.25, -0.2) is 0 Å². The van der Waals surface area contributed by atoms with E-state index in [1.54, 1.807) is 0 Å². The lowest BCUT2D eigenvalue weighted by Gasteiger charge is -2.64. The molecule has 7 aliphatic carbocycles. The second-order valence-corrected chi connectivity index (χ2v) is 20.5. The number of rotatable bonds is 2. The van der Waals surface area contributed by atoms with Crippen molar-refractivity contribution in [3.05, 3.63) is 0 Å². The summed E-state index contributed by atoms with van der Waals surface area (Å²) in [5, 5.41) is 0.268. The fourth-order valence-corrected chi connectivity index (χ4v) is 13.5. The van der Waals surface area contributed by atoms with Crippen molar-refractivity contribution in [2.75, 3.05) is 0 Å². The van der Waals surface area contributed by atoms with Gasteiger partial charge in [-0.1, -0.05) is 64.1 Å². The van der Waals surface area contributed by atoms with Crippen molar-refractivity contribution in [2.45, 2.75) is 108 Å². The van der Waals surface area contributed by atoms with E-state index in [1.807, 2.05) is 0 Å². The highest BCUT2D eigenvalue weighted by atomic mass is 127. The SMILES string of the molecule is CC(C)(C)[Si](C)(C)O[C@@]12CC[C@]3(C)[C@H]4C[C@H]5[C@@H]6C(=O)[C@]4(CC[C@H]3[C@]1(C)C2)[C@H](I)[C@]56C. The summed E-state index contributed by atoms with van der Waals surface area (Å²) in [5.74, 6) is 3.16. The quantitative estimate of drug-likeness (QED) is 0.214. The molecule has 0 aromatic carbocycles. The number of Topliss-reactive ketones (excluding diaryl/α,β-unsaturated/α-hetero) is 1. The van der Waals surface area contributed by atoms with Crippen LogP contribution in [0.1, 0.15) is 80.1 Å². The third-order valence-corrected chi connectivity index (χ3v) is 19.7. The molecule has 30 heavy (non-hydrogen) atoms. The van der Waals surface area contributed by atoms with E-state index >= 15 is 0 Å². The maximum absolute atomic E-state index is 13.7. The van der Waals surface area contributed by atoms with Crippen molar-refractivity contribution >= 4 is 36.7 Å². The van der Waals surface area contributed by atoms with E-state index in [0.29, 0.717) is 43.7 Å². The maximum Gasteiger partial charge on any atom is 0.192 e. The van der Waals surface area contributed by atoms with Gasteiger partial charge in [0.15, 0.2) is 8.32 Å². The predicted molar refractivity (Wildman–Crippen MR) is 132 cm³/mol. The highest BCUT2D eigenvalue weighted by Crippen LogP contribution is 2.87. The zero-order valence-electron chi connectivity index (χ0n) is 20.3. The Hall–Kier alpha value is 0.577. The monoisotopic (exact) mass is 540 g/mol. The minimum Gasteiger partial charge on any atom is -0.411 e. The molecule has 7 aliphatic rings. The lowest BCUT2D eigenvalue weighted by molar-refractivity contribution is -0.170. The summed E-state index contributed by atoms with van der Waals surface area (Å²) in [5.41, 5.74) is 1.13. The van der Waals surface area contributed by atoms with Gasteiger partial charge < -0.3 is 4.43 Å². The Bertz CT molecular complexity index is 864. The highest BCUT2D eigenvalue weighted by Gasteiger charge is 2.88. The third kappa shape index (κ3) is 1.95. The van der Waals surface area contributed by atoms with Gasteiger partial charge in [0.1, 0.15) is 5.78 Å². The van der Waals surface area contributed by atoms with Crippen LogP contribution in [0.4, 0.5) is 0 Å². The molecule has 10 atom stereocenters. The summed E-state index contributed by atoms with van der Waals surface area (Å²) in [6.45, 7) is 19.6. The van der Waals surface area contributed by atoms with Crippen LogP contribution < -0.4 is 0 Å². The van der Waals surface area contributed by atoms with Crippen LogP contribution >= 0.6 is 22.6 Å².